The number of cyclic esters (lactones) is 1. The molecule has 7 heteroatoms. The number of aliphatic hydroxyl groups is 1. The fourth-order valence-electron chi connectivity index (χ4n) is 3.19. The lowest BCUT2D eigenvalue weighted by atomic mass is 9.83. The molecule has 0 aromatic heterocycles. The highest BCUT2D eigenvalue weighted by molar-refractivity contribution is 5.85. The number of rotatable bonds is 5. The van der Waals surface area contributed by atoms with Gasteiger partial charge in [0.25, 0.3) is 0 Å². The monoisotopic (exact) mass is 342 g/mol. The molecule has 1 saturated carbocycles. The number of carbonyl (C=O) groups is 1. The van der Waals surface area contributed by atoms with Gasteiger partial charge in [-0.05, 0) is 19.3 Å². The Morgan fingerprint density at radius 1 is 1.33 bits per heavy atom. The van der Waals surface area contributed by atoms with Gasteiger partial charge in [-0.25, -0.2) is 4.79 Å². The molecule has 0 aromatic carbocycles. The number of halogens is 2. The van der Waals surface area contributed by atoms with Gasteiger partial charge in [-0.15, -0.1) is 24.8 Å². The number of ether oxygens (including phenoxy) is 1. The smallest absolute Gasteiger partial charge is 0.410 e. The number of amides is 1. The molecular formula is C14H28Cl2N2O3. The highest BCUT2D eigenvalue weighted by Crippen LogP contribution is 2.28. The molecule has 0 aromatic rings. The second-order valence-electron chi connectivity index (χ2n) is 5.86. The van der Waals surface area contributed by atoms with Crippen LogP contribution in [0.2, 0.25) is 0 Å². The summed E-state index contributed by atoms with van der Waals surface area (Å²) in [4.78, 5) is 13.1. The maximum atomic E-state index is 11.5. The lowest BCUT2D eigenvalue weighted by Crippen LogP contribution is -2.45. The van der Waals surface area contributed by atoms with Gasteiger partial charge in [0.15, 0.2) is 0 Å². The van der Waals surface area contributed by atoms with Crippen molar-refractivity contribution in [3.05, 3.63) is 0 Å². The lowest BCUT2D eigenvalue weighted by molar-refractivity contribution is 0.0120. The van der Waals surface area contributed by atoms with E-state index in [1.54, 1.807) is 4.90 Å². The third-order valence-electron chi connectivity index (χ3n) is 4.44. The Kier molecular flexibility index (Phi) is 9.61. The molecule has 2 rings (SSSR count). The quantitative estimate of drug-likeness (QED) is 0.803. The van der Waals surface area contributed by atoms with Crippen LogP contribution in [0, 0.1) is 5.92 Å². The molecule has 2 fully saturated rings. The zero-order valence-corrected chi connectivity index (χ0v) is 14.2. The van der Waals surface area contributed by atoms with Crippen LogP contribution in [0.15, 0.2) is 0 Å². The second-order valence-corrected chi connectivity index (χ2v) is 5.86. The summed E-state index contributed by atoms with van der Waals surface area (Å²) in [7, 11) is 0. The molecular weight excluding hydrogens is 315 g/mol. The van der Waals surface area contributed by atoms with Gasteiger partial charge in [-0.2, -0.15) is 0 Å². The number of hydrogen-bond donors (Lipinski definition) is 2. The standard InChI is InChI=1S/C14H26N2O3.2ClH/c1-2-16-9-12(19-14(16)18)13(17)11(15)8-10-6-4-3-5-7-10;;/h10-13,17H,2-9,15H2,1H3;2*1H/t11?,12-,13?;;/m0../s1. The Morgan fingerprint density at radius 2 is 1.95 bits per heavy atom. The summed E-state index contributed by atoms with van der Waals surface area (Å²) in [6, 6.07) is -0.294. The topological polar surface area (TPSA) is 75.8 Å². The van der Waals surface area contributed by atoms with Crippen LogP contribution in [0.1, 0.15) is 45.4 Å². The maximum absolute atomic E-state index is 11.5. The first kappa shape index (κ1) is 20.8. The third-order valence-corrected chi connectivity index (χ3v) is 4.44. The molecule has 1 aliphatic carbocycles. The first-order valence-electron chi connectivity index (χ1n) is 7.51. The first-order valence-corrected chi connectivity index (χ1v) is 7.51. The van der Waals surface area contributed by atoms with E-state index in [-0.39, 0.29) is 36.9 Å². The first-order chi connectivity index (χ1) is 9.11. The molecule has 0 radical (unpaired) electrons. The summed E-state index contributed by atoms with van der Waals surface area (Å²) in [5.41, 5.74) is 6.10. The minimum absolute atomic E-state index is 0. The average molecular weight is 343 g/mol. The number of hydrogen-bond acceptors (Lipinski definition) is 4. The van der Waals surface area contributed by atoms with E-state index in [0.717, 1.165) is 6.42 Å². The van der Waals surface area contributed by atoms with Crippen molar-refractivity contribution in [2.24, 2.45) is 11.7 Å². The molecule has 126 valence electrons. The van der Waals surface area contributed by atoms with E-state index in [0.29, 0.717) is 19.0 Å². The van der Waals surface area contributed by atoms with Crippen molar-refractivity contribution in [3.8, 4) is 0 Å². The Morgan fingerprint density at radius 3 is 2.48 bits per heavy atom. The number of nitrogens with two attached hydrogens (primary N) is 1. The summed E-state index contributed by atoms with van der Waals surface area (Å²) in [5, 5.41) is 10.3. The number of nitrogens with zero attached hydrogens (tertiary/aromatic N) is 1. The van der Waals surface area contributed by atoms with Gasteiger partial charge in [0.2, 0.25) is 0 Å². The number of carbonyl (C=O) groups excluding carboxylic acids is 1. The van der Waals surface area contributed by atoms with Crippen molar-refractivity contribution < 1.29 is 14.6 Å². The van der Waals surface area contributed by atoms with Gasteiger partial charge in [-0.1, -0.05) is 32.1 Å². The van der Waals surface area contributed by atoms with Crippen LogP contribution in [0.3, 0.4) is 0 Å². The fraction of sp³-hybridized carbons (Fsp3) is 0.929. The predicted molar refractivity (Wildman–Crippen MR) is 87.2 cm³/mol. The molecule has 5 nitrogen and oxygen atoms in total. The van der Waals surface area contributed by atoms with E-state index in [9.17, 15) is 9.90 Å². The summed E-state index contributed by atoms with van der Waals surface area (Å²) < 4.78 is 5.19. The van der Waals surface area contributed by atoms with Crippen LogP contribution in [0.25, 0.3) is 0 Å². The van der Waals surface area contributed by atoms with Crippen LogP contribution >= 0.6 is 24.8 Å². The molecule has 0 bridgehead atoms. The van der Waals surface area contributed by atoms with Gasteiger partial charge < -0.3 is 20.5 Å². The number of likely N-dealkylation sites (N-methyl/N-ethyl adjacent to an activating group) is 1. The Labute approximate surface area is 139 Å². The van der Waals surface area contributed by atoms with Gasteiger partial charge in [0.1, 0.15) is 12.2 Å². The zero-order chi connectivity index (χ0) is 13.8. The molecule has 3 N–H and O–H groups in total. The van der Waals surface area contributed by atoms with Crippen molar-refractivity contribution >= 4 is 30.9 Å². The SMILES string of the molecule is CCN1C[C@@H](C(O)C(N)CC2CCCCC2)OC1=O.Cl.Cl. The van der Waals surface area contributed by atoms with Crippen LogP contribution in [0.5, 0.6) is 0 Å². The van der Waals surface area contributed by atoms with Crippen molar-refractivity contribution in [2.45, 2.75) is 63.7 Å². The molecule has 1 amide bonds. The van der Waals surface area contributed by atoms with Crippen molar-refractivity contribution in [1.29, 1.82) is 0 Å². The summed E-state index contributed by atoms with van der Waals surface area (Å²) >= 11 is 0. The van der Waals surface area contributed by atoms with Gasteiger partial charge >= 0.3 is 6.09 Å². The van der Waals surface area contributed by atoms with Crippen LogP contribution in [-0.2, 0) is 4.74 Å². The molecule has 1 heterocycles. The van der Waals surface area contributed by atoms with Crippen molar-refractivity contribution in [1.82, 2.24) is 4.90 Å². The highest BCUT2D eigenvalue weighted by atomic mass is 35.5. The lowest BCUT2D eigenvalue weighted by Gasteiger charge is -2.28. The van der Waals surface area contributed by atoms with Crippen LogP contribution in [-0.4, -0.2) is 47.4 Å². The van der Waals surface area contributed by atoms with Gasteiger partial charge in [0.05, 0.1) is 6.54 Å². The van der Waals surface area contributed by atoms with Crippen LogP contribution < -0.4 is 5.73 Å². The fourth-order valence-corrected chi connectivity index (χ4v) is 3.19. The van der Waals surface area contributed by atoms with Gasteiger partial charge in [-0.3, -0.25) is 0 Å². The molecule has 2 unspecified atom stereocenters. The molecule has 0 spiro atoms. The Balaban J connectivity index is 0.00000200. The van der Waals surface area contributed by atoms with E-state index in [1.165, 1.54) is 32.1 Å². The van der Waals surface area contributed by atoms with Gasteiger partial charge in [0, 0.05) is 12.6 Å². The van der Waals surface area contributed by atoms with Crippen LogP contribution in [0.4, 0.5) is 4.79 Å². The zero-order valence-electron chi connectivity index (χ0n) is 12.6. The summed E-state index contributed by atoms with van der Waals surface area (Å²) in [6.45, 7) is 2.97. The van der Waals surface area contributed by atoms with E-state index >= 15 is 0 Å². The molecule has 1 saturated heterocycles. The van der Waals surface area contributed by atoms with E-state index in [1.807, 2.05) is 6.92 Å². The predicted octanol–water partition coefficient (Wildman–Crippen LogP) is 2.33. The molecule has 2 aliphatic rings. The molecule has 1 aliphatic heterocycles. The highest BCUT2D eigenvalue weighted by Gasteiger charge is 2.38. The van der Waals surface area contributed by atoms with E-state index in [4.69, 9.17) is 10.5 Å². The maximum Gasteiger partial charge on any atom is 0.410 e. The summed E-state index contributed by atoms with van der Waals surface area (Å²) in [6.07, 6.45) is 5.58. The second kappa shape index (κ2) is 9.72. The van der Waals surface area contributed by atoms with E-state index in [2.05, 4.69) is 0 Å². The van der Waals surface area contributed by atoms with Crippen molar-refractivity contribution in [2.75, 3.05) is 13.1 Å². The molecule has 3 atom stereocenters. The number of aliphatic hydroxyl groups excluding tert-OH is 1. The Hall–Kier alpha value is -0.230. The van der Waals surface area contributed by atoms with Crippen molar-refractivity contribution in [3.63, 3.8) is 0 Å². The minimum Gasteiger partial charge on any atom is -0.441 e. The Bertz CT molecular complexity index is 315. The average Bonchev–Trinajstić information content (AvgIpc) is 2.80. The van der Waals surface area contributed by atoms with E-state index < -0.39 is 12.2 Å². The largest absolute Gasteiger partial charge is 0.441 e. The molecule has 21 heavy (non-hydrogen) atoms. The third kappa shape index (κ3) is 5.47. The normalized spacial score (nSPS) is 25.6. The summed E-state index contributed by atoms with van der Waals surface area (Å²) in [5.74, 6) is 0.623. The minimum atomic E-state index is -0.748.